The molecule has 0 heterocycles. The quantitative estimate of drug-likeness (QED) is 0.837. The monoisotopic (exact) mass is 273 g/mol. The van der Waals surface area contributed by atoms with Gasteiger partial charge in [-0.25, -0.2) is 0 Å². The topological polar surface area (TPSA) is 64.9 Å². The van der Waals surface area contributed by atoms with Gasteiger partial charge in [0, 0.05) is 11.2 Å². The second-order valence-electron chi connectivity index (χ2n) is 5.62. The molecule has 1 aromatic carbocycles. The molecule has 108 valence electrons. The molecule has 2 N–H and O–H groups in total. The summed E-state index contributed by atoms with van der Waals surface area (Å²) in [4.78, 5) is 12.1. The normalized spacial score (nSPS) is 12.3. The number of hydrogen-bond acceptors (Lipinski definition) is 3. The van der Waals surface area contributed by atoms with Gasteiger partial charge in [-0.05, 0) is 44.9 Å². The first-order chi connectivity index (χ1) is 9.38. The van der Waals surface area contributed by atoms with Gasteiger partial charge < -0.3 is 10.6 Å². The maximum Gasteiger partial charge on any atom is 0.242 e. The molecule has 1 atom stereocenters. The fourth-order valence-corrected chi connectivity index (χ4v) is 1.66. The van der Waals surface area contributed by atoms with Crippen molar-refractivity contribution in [2.45, 2.75) is 52.1 Å². The van der Waals surface area contributed by atoms with Crippen molar-refractivity contribution in [1.82, 2.24) is 5.32 Å². The molecule has 0 aliphatic rings. The van der Waals surface area contributed by atoms with Crippen molar-refractivity contribution in [2.75, 3.05) is 5.32 Å². The van der Waals surface area contributed by atoms with E-state index in [2.05, 4.69) is 16.7 Å². The zero-order valence-corrected chi connectivity index (χ0v) is 12.7. The largest absolute Gasteiger partial charge is 0.374 e. The zero-order valence-electron chi connectivity index (χ0n) is 12.7. The highest BCUT2D eigenvalue weighted by Gasteiger charge is 2.21. The van der Waals surface area contributed by atoms with E-state index in [-0.39, 0.29) is 17.5 Å². The first kappa shape index (κ1) is 16.0. The Balaban J connectivity index is 2.59. The maximum absolute atomic E-state index is 12.1. The second kappa shape index (κ2) is 6.95. The Morgan fingerprint density at radius 3 is 2.45 bits per heavy atom. The van der Waals surface area contributed by atoms with Gasteiger partial charge >= 0.3 is 0 Å². The minimum atomic E-state index is -0.303. The molecule has 0 radical (unpaired) electrons. The minimum Gasteiger partial charge on any atom is -0.374 e. The van der Waals surface area contributed by atoms with Crippen LogP contribution >= 0.6 is 0 Å². The lowest BCUT2D eigenvalue weighted by Gasteiger charge is -2.27. The van der Waals surface area contributed by atoms with Crippen LogP contribution in [0.3, 0.4) is 0 Å². The Kier molecular flexibility index (Phi) is 5.57. The van der Waals surface area contributed by atoms with Gasteiger partial charge in [-0.1, -0.05) is 19.1 Å². The Bertz CT molecular complexity index is 485. The number of rotatable bonds is 6. The third-order valence-electron chi connectivity index (χ3n) is 3.36. The Morgan fingerprint density at radius 2 is 1.95 bits per heavy atom. The molecule has 0 saturated carbocycles. The lowest BCUT2D eigenvalue weighted by Crippen LogP contribution is -2.48. The summed E-state index contributed by atoms with van der Waals surface area (Å²) in [5, 5.41) is 14.8. The number of carbonyl (C=O) groups excluding carboxylic acids is 1. The Labute approximate surface area is 121 Å². The lowest BCUT2D eigenvalue weighted by molar-refractivity contribution is -0.123. The van der Waals surface area contributed by atoms with Gasteiger partial charge in [-0.3, -0.25) is 4.79 Å². The molecule has 1 rings (SSSR count). The average molecular weight is 273 g/mol. The summed E-state index contributed by atoms with van der Waals surface area (Å²) in [6.07, 6.45) is 1.29. The van der Waals surface area contributed by atoms with Gasteiger partial charge in [-0.15, -0.1) is 0 Å². The van der Waals surface area contributed by atoms with Crippen LogP contribution in [0.15, 0.2) is 24.3 Å². The predicted molar refractivity (Wildman–Crippen MR) is 81.4 cm³/mol. The number of amides is 1. The SMILES string of the molecule is CCC(C)(C)NC(=O)C(C)Nc1ccc(CC#N)cc1. The van der Waals surface area contributed by atoms with Crippen molar-refractivity contribution < 1.29 is 4.79 Å². The van der Waals surface area contributed by atoms with E-state index in [1.807, 2.05) is 52.0 Å². The van der Waals surface area contributed by atoms with Gasteiger partial charge in [0.05, 0.1) is 12.5 Å². The lowest BCUT2D eigenvalue weighted by atomic mass is 10.0. The first-order valence-corrected chi connectivity index (χ1v) is 6.92. The fraction of sp³-hybridized carbons (Fsp3) is 0.500. The fourth-order valence-electron chi connectivity index (χ4n) is 1.66. The van der Waals surface area contributed by atoms with Gasteiger partial charge in [0.1, 0.15) is 6.04 Å². The zero-order chi connectivity index (χ0) is 15.2. The van der Waals surface area contributed by atoms with Crippen LogP contribution in [0.4, 0.5) is 5.69 Å². The minimum absolute atomic E-state index is 0.0158. The Hall–Kier alpha value is -2.02. The summed E-state index contributed by atoms with van der Waals surface area (Å²) in [7, 11) is 0. The molecule has 1 unspecified atom stereocenters. The second-order valence-corrected chi connectivity index (χ2v) is 5.62. The summed E-state index contributed by atoms with van der Waals surface area (Å²) >= 11 is 0. The van der Waals surface area contributed by atoms with Crippen LogP contribution in [-0.4, -0.2) is 17.5 Å². The van der Waals surface area contributed by atoms with E-state index >= 15 is 0 Å². The predicted octanol–water partition coefficient (Wildman–Crippen LogP) is 2.86. The van der Waals surface area contributed by atoms with Crippen molar-refractivity contribution in [1.29, 1.82) is 5.26 Å². The third-order valence-corrected chi connectivity index (χ3v) is 3.36. The van der Waals surface area contributed by atoms with Crippen LogP contribution in [0, 0.1) is 11.3 Å². The van der Waals surface area contributed by atoms with E-state index in [1.54, 1.807) is 0 Å². The molecular formula is C16H23N3O. The summed E-state index contributed by atoms with van der Waals surface area (Å²) < 4.78 is 0. The van der Waals surface area contributed by atoms with Gasteiger partial charge in [-0.2, -0.15) is 5.26 Å². The summed E-state index contributed by atoms with van der Waals surface area (Å²) in [6.45, 7) is 7.90. The van der Waals surface area contributed by atoms with Gasteiger partial charge in [0.2, 0.25) is 5.91 Å². The third kappa shape index (κ3) is 4.93. The number of nitrogens with zero attached hydrogens (tertiary/aromatic N) is 1. The number of nitriles is 1. The van der Waals surface area contributed by atoms with Crippen LogP contribution in [-0.2, 0) is 11.2 Å². The average Bonchev–Trinajstić information content (AvgIpc) is 2.41. The first-order valence-electron chi connectivity index (χ1n) is 6.92. The van der Waals surface area contributed by atoms with Crippen LogP contribution in [0.25, 0.3) is 0 Å². The van der Waals surface area contributed by atoms with Crippen molar-refractivity contribution in [2.24, 2.45) is 0 Å². The highest BCUT2D eigenvalue weighted by molar-refractivity contribution is 5.84. The van der Waals surface area contributed by atoms with Crippen molar-refractivity contribution in [3.8, 4) is 6.07 Å². The smallest absolute Gasteiger partial charge is 0.242 e. The summed E-state index contributed by atoms with van der Waals surface area (Å²) in [6, 6.07) is 9.38. The van der Waals surface area contributed by atoms with Crippen LogP contribution in [0.2, 0.25) is 0 Å². The molecule has 0 aliphatic carbocycles. The summed E-state index contributed by atoms with van der Waals surface area (Å²) in [5.74, 6) is -0.0158. The van der Waals surface area contributed by atoms with Crippen molar-refractivity contribution >= 4 is 11.6 Å². The van der Waals surface area contributed by atoms with E-state index in [0.717, 1.165) is 17.7 Å². The number of anilines is 1. The molecule has 0 spiro atoms. The highest BCUT2D eigenvalue weighted by atomic mass is 16.2. The molecule has 0 fully saturated rings. The van der Waals surface area contributed by atoms with Crippen LogP contribution in [0.5, 0.6) is 0 Å². The molecule has 0 saturated heterocycles. The van der Waals surface area contributed by atoms with E-state index in [4.69, 9.17) is 5.26 Å². The standard InChI is InChI=1S/C16H23N3O/c1-5-16(3,4)19-15(20)12(2)18-14-8-6-13(7-9-14)10-11-17/h6-9,12,18H,5,10H2,1-4H3,(H,19,20). The van der Waals surface area contributed by atoms with Crippen molar-refractivity contribution in [3.05, 3.63) is 29.8 Å². The summed E-state index contributed by atoms with van der Waals surface area (Å²) in [5.41, 5.74) is 1.66. The molecule has 20 heavy (non-hydrogen) atoms. The molecule has 1 amide bonds. The van der Waals surface area contributed by atoms with E-state index < -0.39 is 0 Å². The number of carbonyl (C=O) groups is 1. The molecule has 0 aliphatic heterocycles. The number of benzene rings is 1. The van der Waals surface area contributed by atoms with Gasteiger partial charge in [0.25, 0.3) is 0 Å². The molecule has 0 aromatic heterocycles. The van der Waals surface area contributed by atoms with Gasteiger partial charge in [0.15, 0.2) is 0 Å². The molecule has 4 nitrogen and oxygen atoms in total. The van der Waals surface area contributed by atoms with Crippen molar-refractivity contribution in [3.63, 3.8) is 0 Å². The van der Waals surface area contributed by atoms with E-state index in [1.165, 1.54) is 0 Å². The van der Waals surface area contributed by atoms with Crippen LogP contribution < -0.4 is 10.6 Å². The molecular weight excluding hydrogens is 250 g/mol. The molecule has 0 bridgehead atoms. The molecule has 4 heteroatoms. The van der Waals surface area contributed by atoms with Crippen LogP contribution in [0.1, 0.15) is 39.7 Å². The Morgan fingerprint density at radius 1 is 1.35 bits per heavy atom. The maximum atomic E-state index is 12.1. The van der Waals surface area contributed by atoms with E-state index in [0.29, 0.717) is 6.42 Å². The highest BCUT2D eigenvalue weighted by Crippen LogP contribution is 2.12. The number of nitrogens with one attached hydrogen (secondary N) is 2. The number of hydrogen-bond donors (Lipinski definition) is 2. The molecule has 1 aromatic rings. The van der Waals surface area contributed by atoms with E-state index in [9.17, 15) is 4.79 Å².